The minimum absolute atomic E-state index is 0.0989. The van der Waals surface area contributed by atoms with Gasteiger partial charge in [0.2, 0.25) is 0 Å². The number of ketones is 2. The molecule has 0 atom stereocenters. The van der Waals surface area contributed by atoms with Crippen molar-refractivity contribution in [2.45, 2.75) is 12.8 Å². The van der Waals surface area contributed by atoms with Crippen LogP contribution in [-0.2, 0) is 11.2 Å². The first kappa shape index (κ1) is 15.8. The van der Waals surface area contributed by atoms with Crippen LogP contribution in [0.1, 0.15) is 22.3 Å². The van der Waals surface area contributed by atoms with E-state index in [0.29, 0.717) is 11.3 Å². The largest absolute Gasteiger partial charge is 0.497 e. The Bertz CT molecular complexity index is 642. The fourth-order valence-electron chi connectivity index (χ4n) is 2.09. The minimum atomic E-state index is -0.179. The summed E-state index contributed by atoms with van der Waals surface area (Å²) < 4.78 is 10.1. The van der Waals surface area contributed by atoms with Crippen molar-refractivity contribution in [1.29, 1.82) is 0 Å². The van der Waals surface area contributed by atoms with E-state index in [9.17, 15) is 9.59 Å². The zero-order valence-corrected chi connectivity index (χ0v) is 12.7. The molecule has 0 saturated heterocycles. The van der Waals surface area contributed by atoms with Gasteiger partial charge in [0, 0.05) is 12.0 Å². The van der Waals surface area contributed by atoms with E-state index in [4.69, 9.17) is 9.47 Å². The first-order valence-corrected chi connectivity index (χ1v) is 6.94. The summed E-state index contributed by atoms with van der Waals surface area (Å²) in [5, 5.41) is 0. The second-order valence-corrected chi connectivity index (χ2v) is 4.89. The highest BCUT2D eigenvalue weighted by atomic mass is 16.5. The molecule has 0 spiro atoms. The minimum Gasteiger partial charge on any atom is -0.497 e. The molecular weight excluding hydrogens is 280 g/mol. The van der Waals surface area contributed by atoms with Crippen LogP contribution < -0.4 is 9.47 Å². The van der Waals surface area contributed by atoms with Gasteiger partial charge in [0.15, 0.2) is 5.78 Å². The van der Waals surface area contributed by atoms with Crippen molar-refractivity contribution in [3.8, 4) is 11.5 Å². The van der Waals surface area contributed by atoms with Crippen LogP contribution in [0.15, 0.2) is 48.5 Å². The van der Waals surface area contributed by atoms with Gasteiger partial charge < -0.3 is 9.47 Å². The molecule has 0 radical (unpaired) electrons. The van der Waals surface area contributed by atoms with Crippen molar-refractivity contribution in [1.82, 2.24) is 0 Å². The van der Waals surface area contributed by atoms with E-state index >= 15 is 0 Å². The van der Waals surface area contributed by atoms with Gasteiger partial charge in [-0.25, -0.2) is 0 Å². The first-order chi connectivity index (χ1) is 10.6. The number of carbonyl (C=O) groups is 2. The third-order valence-electron chi connectivity index (χ3n) is 3.33. The number of Topliss-reactive ketones (excluding diaryl/α,β-unsaturated/α-hetero) is 2. The Morgan fingerprint density at radius 1 is 0.818 bits per heavy atom. The Balaban J connectivity index is 1.93. The van der Waals surface area contributed by atoms with E-state index in [2.05, 4.69) is 0 Å². The molecule has 0 heterocycles. The number of hydrogen-bond acceptors (Lipinski definition) is 4. The van der Waals surface area contributed by atoms with Crippen molar-refractivity contribution in [3.63, 3.8) is 0 Å². The highest BCUT2D eigenvalue weighted by Gasteiger charge is 2.12. The molecule has 0 bridgehead atoms. The average Bonchev–Trinajstić information content (AvgIpc) is 2.55. The predicted molar refractivity (Wildman–Crippen MR) is 83.6 cm³/mol. The van der Waals surface area contributed by atoms with Gasteiger partial charge in [0.1, 0.15) is 17.3 Å². The number of methoxy groups -OCH3 is 2. The van der Waals surface area contributed by atoms with Gasteiger partial charge in [-0.2, -0.15) is 0 Å². The van der Waals surface area contributed by atoms with Crippen LogP contribution in [0, 0.1) is 0 Å². The summed E-state index contributed by atoms with van der Waals surface area (Å²) in [6, 6.07) is 14.0. The molecule has 114 valence electrons. The zero-order valence-electron chi connectivity index (χ0n) is 12.7. The summed E-state index contributed by atoms with van der Waals surface area (Å²) in [6.45, 7) is 0. The van der Waals surface area contributed by atoms with Crippen molar-refractivity contribution in [3.05, 3.63) is 59.7 Å². The number of hydrogen-bond donors (Lipinski definition) is 0. The molecule has 0 aliphatic rings. The molecule has 0 aromatic heterocycles. The maximum atomic E-state index is 12.1. The molecular formula is C18H18O4. The van der Waals surface area contributed by atoms with E-state index < -0.39 is 0 Å². The smallest absolute Gasteiger partial charge is 0.170 e. The van der Waals surface area contributed by atoms with E-state index in [1.54, 1.807) is 50.6 Å². The lowest BCUT2D eigenvalue weighted by Crippen LogP contribution is -2.10. The highest BCUT2D eigenvalue weighted by Crippen LogP contribution is 2.15. The lowest BCUT2D eigenvalue weighted by molar-refractivity contribution is -0.117. The SMILES string of the molecule is COc1ccc(CC(=O)CC(=O)c2ccc(OC)cc2)cc1. The van der Waals surface area contributed by atoms with Gasteiger partial charge in [-0.05, 0) is 42.0 Å². The summed E-state index contributed by atoms with van der Waals surface area (Å²) in [5.41, 5.74) is 1.39. The van der Waals surface area contributed by atoms with Crippen LogP contribution in [0.25, 0.3) is 0 Å². The second kappa shape index (κ2) is 7.41. The number of rotatable bonds is 7. The molecule has 0 unspecified atom stereocenters. The fraction of sp³-hybridized carbons (Fsp3) is 0.222. The number of benzene rings is 2. The summed E-state index contributed by atoms with van der Waals surface area (Å²) in [7, 11) is 3.16. The standard InChI is InChI=1S/C18H18O4/c1-21-16-7-3-13(4-8-16)11-15(19)12-18(20)14-5-9-17(22-2)10-6-14/h3-10H,11-12H2,1-2H3. The predicted octanol–water partition coefficient (Wildman–Crippen LogP) is 3.09. The molecule has 0 amide bonds. The van der Waals surface area contributed by atoms with Crippen LogP contribution in [0.5, 0.6) is 11.5 Å². The van der Waals surface area contributed by atoms with Crippen LogP contribution in [0.2, 0.25) is 0 Å². The van der Waals surface area contributed by atoms with Gasteiger partial charge >= 0.3 is 0 Å². The van der Waals surface area contributed by atoms with E-state index in [0.717, 1.165) is 11.3 Å². The fourth-order valence-corrected chi connectivity index (χ4v) is 2.09. The van der Waals surface area contributed by atoms with Crippen LogP contribution in [-0.4, -0.2) is 25.8 Å². The molecule has 2 aromatic carbocycles. The van der Waals surface area contributed by atoms with Crippen LogP contribution in [0.3, 0.4) is 0 Å². The van der Waals surface area contributed by atoms with Gasteiger partial charge in [-0.15, -0.1) is 0 Å². The van der Waals surface area contributed by atoms with Crippen molar-refractivity contribution in [2.75, 3.05) is 14.2 Å². The van der Waals surface area contributed by atoms with Crippen LogP contribution >= 0.6 is 0 Å². The quantitative estimate of drug-likeness (QED) is 0.582. The Morgan fingerprint density at radius 3 is 1.82 bits per heavy atom. The third kappa shape index (κ3) is 4.19. The lowest BCUT2D eigenvalue weighted by atomic mass is 10.0. The summed E-state index contributed by atoms with van der Waals surface area (Å²) in [5.74, 6) is 1.14. The van der Waals surface area contributed by atoms with Crippen molar-refractivity contribution < 1.29 is 19.1 Å². The monoisotopic (exact) mass is 298 g/mol. The zero-order chi connectivity index (χ0) is 15.9. The molecule has 0 fully saturated rings. The number of carbonyl (C=O) groups excluding carboxylic acids is 2. The molecule has 0 aliphatic heterocycles. The van der Waals surface area contributed by atoms with E-state index in [-0.39, 0.29) is 24.4 Å². The Kier molecular flexibility index (Phi) is 5.31. The van der Waals surface area contributed by atoms with Gasteiger partial charge in [-0.3, -0.25) is 9.59 Å². The van der Waals surface area contributed by atoms with Crippen molar-refractivity contribution in [2.24, 2.45) is 0 Å². The molecule has 22 heavy (non-hydrogen) atoms. The summed E-state index contributed by atoms with van der Waals surface area (Å²) >= 11 is 0. The molecule has 4 heteroatoms. The molecule has 2 rings (SSSR count). The van der Waals surface area contributed by atoms with Crippen molar-refractivity contribution >= 4 is 11.6 Å². The average molecular weight is 298 g/mol. The topological polar surface area (TPSA) is 52.6 Å². The Morgan fingerprint density at radius 2 is 1.32 bits per heavy atom. The number of ether oxygens (including phenoxy) is 2. The maximum absolute atomic E-state index is 12.1. The van der Waals surface area contributed by atoms with Gasteiger partial charge in [0.05, 0.1) is 20.6 Å². The summed E-state index contributed by atoms with van der Waals surface area (Å²) in [6.07, 6.45) is 0.143. The molecule has 0 aliphatic carbocycles. The summed E-state index contributed by atoms with van der Waals surface area (Å²) in [4.78, 5) is 24.1. The van der Waals surface area contributed by atoms with Crippen LogP contribution in [0.4, 0.5) is 0 Å². The molecule has 0 saturated carbocycles. The normalized spacial score (nSPS) is 10.1. The molecule has 2 aromatic rings. The Labute approximate surface area is 129 Å². The van der Waals surface area contributed by atoms with E-state index in [1.165, 1.54) is 0 Å². The van der Waals surface area contributed by atoms with Gasteiger partial charge in [-0.1, -0.05) is 12.1 Å². The first-order valence-electron chi connectivity index (χ1n) is 6.94. The third-order valence-corrected chi connectivity index (χ3v) is 3.33. The highest BCUT2D eigenvalue weighted by molar-refractivity contribution is 6.08. The maximum Gasteiger partial charge on any atom is 0.170 e. The van der Waals surface area contributed by atoms with E-state index in [1.807, 2.05) is 12.1 Å². The molecule has 4 nitrogen and oxygen atoms in total. The Hall–Kier alpha value is -2.62. The van der Waals surface area contributed by atoms with Gasteiger partial charge in [0.25, 0.3) is 0 Å². The second-order valence-electron chi connectivity index (χ2n) is 4.89. The lowest BCUT2D eigenvalue weighted by Gasteiger charge is -2.04. The molecule has 0 N–H and O–H groups in total.